The summed E-state index contributed by atoms with van der Waals surface area (Å²) in [6, 6.07) is 35.1. The molecule has 1 heterocycles. The molecule has 0 spiro atoms. The zero-order valence-electron chi connectivity index (χ0n) is 18.6. The van der Waals surface area contributed by atoms with Gasteiger partial charge in [0.05, 0.1) is 10.6 Å². The second-order valence-electron chi connectivity index (χ2n) is 7.83. The average Bonchev–Trinajstić information content (AvgIpc) is 2.93. The van der Waals surface area contributed by atoms with Crippen LogP contribution in [-0.2, 0) is 0 Å². The van der Waals surface area contributed by atoms with Crippen molar-refractivity contribution in [2.75, 3.05) is 0 Å². The lowest BCUT2D eigenvalue weighted by Crippen LogP contribution is -1.96. The summed E-state index contributed by atoms with van der Waals surface area (Å²) in [6.45, 7) is 0. The molecule has 1 radical (unpaired) electrons. The number of nitro groups is 1. The van der Waals surface area contributed by atoms with E-state index in [1.165, 1.54) is 24.1 Å². The number of nitrogens with zero attached hydrogens (tertiary/aromatic N) is 3. The van der Waals surface area contributed by atoms with E-state index < -0.39 is 4.92 Å². The first-order valence-electron chi connectivity index (χ1n) is 11.0. The van der Waals surface area contributed by atoms with Crippen molar-refractivity contribution in [2.45, 2.75) is 4.90 Å². The molecule has 0 unspecified atom stereocenters. The fraction of sp³-hybridized carbons (Fsp3) is 0. The molecule has 0 aliphatic rings. The average molecular weight is 475 g/mol. The van der Waals surface area contributed by atoms with Gasteiger partial charge in [-0.25, -0.2) is 4.72 Å². The summed E-state index contributed by atoms with van der Waals surface area (Å²) in [5, 5.41) is 11.0. The van der Waals surface area contributed by atoms with Crippen LogP contribution in [0.1, 0.15) is 0 Å². The van der Waals surface area contributed by atoms with Gasteiger partial charge in [-0.05, 0) is 47.0 Å². The van der Waals surface area contributed by atoms with Crippen LogP contribution in [0.2, 0.25) is 0 Å². The third kappa shape index (κ3) is 5.08. The standard InChI is InChI=1S/C29H20N3O2S/c33-32(34)25-13-15-26(16-14-25)35-31-29-27(21-8-3-1-4-9-21)18-24(23-12-7-17-30-20-23)19-28(29)22-10-5-2-6-11-22/h1-20H. The first-order chi connectivity index (χ1) is 17.2. The van der Waals surface area contributed by atoms with Crippen molar-refractivity contribution in [2.24, 2.45) is 0 Å². The lowest BCUT2D eigenvalue weighted by atomic mass is 9.92. The molecule has 0 N–H and O–H groups in total. The van der Waals surface area contributed by atoms with Gasteiger partial charge in [0.1, 0.15) is 0 Å². The number of rotatable bonds is 7. The fourth-order valence-corrected chi connectivity index (χ4v) is 4.49. The second kappa shape index (κ2) is 10.2. The normalized spacial score (nSPS) is 10.6. The molecule has 0 amide bonds. The van der Waals surface area contributed by atoms with Crippen LogP contribution in [0.4, 0.5) is 11.4 Å². The Balaban J connectivity index is 1.65. The van der Waals surface area contributed by atoms with E-state index in [0.29, 0.717) is 0 Å². The number of nitro benzene ring substituents is 1. The topological polar surface area (TPSA) is 70.1 Å². The summed E-state index contributed by atoms with van der Waals surface area (Å²) in [4.78, 5) is 15.7. The number of pyridine rings is 1. The Kier molecular flexibility index (Phi) is 6.55. The van der Waals surface area contributed by atoms with Crippen molar-refractivity contribution in [1.82, 2.24) is 9.71 Å². The SMILES string of the molecule is O=[N+]([O-])c1ccc(S[N]c2c(-c3ccccc3)cc(-c3cccnc3)cc2-c2ccccc2)cc1. The maximum Gasteiger partial charge on any atom is 0.269 e. The lowest BCUT2D eigenvalue weighted by Gasteiger charge is -2.17. The van der Waals surface area contributed by atoms with Crippen molar-refractivity contribution in [1.29, 1.82) is 0 Å². The Morgan fingerprint density at radius 1 is 0.686 bits per heavy atom. The zero-order valence-corrected chi connectivity index (χ0v) is 19.4. The molecule has 5 nitrogen and oxygen atoms in total. The maximum absolute atomic E-state index is 11.0. The molecular weight excluding hydrogens is 454 g/mol. The predicted octanol–water partition coefficient (Wildman–Crippen LogP) is 7.93. The van der Waals surface area contributed by atoms with E-state index in [0.717, 1.165) is 44.0 Å². The van der Waals surface area contributed by atoms with E-state index in [4.69, 9.17) is 4.72 Å². The summed E-state index contributed by atoms with van der Waals surface area (Å²) in [6.07, 6.45) is 3.63. The van der Waals surface area contributed by atoms with Crippen molar-refractivity contribution in [3.63, 3.8) is 0 Å². The Morgan fingerprint density at radius 2 is 1.26 bits per heavy atom. The summed E-state index contributed by atoms with van der Waals surface area (Å²) in [7, 11) is 0. The van der Waals surface area contributed by atoms with Crippen LogP contribution in [0.25, 0.3) is 33.4 Å². The van der Waals surface area contributed by atoms with Crippen LogP contribution in [0.5, 0.6) is 0 Å². The van der Waals surface area contributed by atoms with E-state index in [2.05, 4.69) is 41.4 Å². The third-order valence-electron chi connectivity index (χ3n) is 5.56. The first-order valence-corrected chi connectivity index (χ1v) is 11.8. The van der Waals surface area contributed by atoms with Crippen LogP contribution in [0.15, 0.2) is 126 Å². The van der Waals surface area contributed by atoms with Gasteiger partial charge in [-0.15, -0.1) is 0 Å². The lowest BCUT2D eigenvalue weighted by molar-refractivity contribution is -0.384. The molecule has 6 heteroatoms. The Bertz CT molecular complexity index is 1380. The number of hydrogen-bond acceptors (Lipinski definition) is 4. The summed E-state index contributed by atoms with van der Waals surface area (Å²) < 4.78 is 4.97. The van der Waals surface area contributed by atoms with Gasteiger partial charge in [0.25, 0.3) is 5.69 Å². The van der Waals surface area contributed by atoms with E-state index in [1.807, 2.05) is 54.7 Å². The highest BCUT2D eigenvalue weighted by atomic mass is 32.2. The number of benzene rings is 4. The van der Waals surface area contributed by atoms with E-state index in [1.54, 1.807) is 18.3 Å². The van der Waals surface area contributed by atoms with Crippen molar-refractivity contribution < 1.29 is 4.92 Å². The molecule has 0 aliphatic heterocycles. The quantitative estimate of drug-likeness (QED) is 0.136. The molecule has 4 aromatic carbocycles. The number of non-ortho nitro benzene ring substituents is 1. The highest BCUT2D eigenvalue weighted by Gasteiger charge is 2.17. The van der Waals surface area contributed by atoms with Crippen molar-refractivity contribution >= 4 is 23.3 Å². The minimum absolute atomic E-state index is 0.0603. The molecule has 0 aliphatic carbocycles. The fourth-order valence-electron chi connectivity index (χ4n) is 3.84. The van der Waals surface area contributed by atoms with Gasteiger partial charge in [0, 0.05) is 58.1 Å². The molecule has 0 saturated carbocycles. The summed E-state index contributed by atoms with van der Waals surface area (Å²) in [5.74, 6) is 0. The highest BCUT2D eigenvalue weighted by molar-refractivity contribution is 7.97. The highest BCUT2D eigenvalue weighted by Crippen LogP contribution is 2.43. The van der Waals surface area contributed by atoms with E-state index >= 15 is 0 Å². The van der Waals surface area contributed by atoms with E-state index in [-0.39, 0.29) is 5.69 Å². The molecular formula is C29H20N3O2S. The Hall–Kier alpha value is -4.42. The molecule has 5 aromatic rings. The smallest absolute Gasteiger partial charge is 0.264 e. The van der Waals surface area contributed by atoms with Gasteiger partial charge >= 0.3 is 0 Å². The van der Waals surface area contributed by atoms with E-state index in [9.17, 15) is 10.1 Å². The van der Waals surface area contributed by atoms with Crippen LogP contribution < -0.4 is 4.72 Å². The maximum atomic E-state index is 11.0. The van der Waals surface area contributed by atoms with Gasteiger partial charge in [-0.1, -0.05) is 66.7 Å². The first kappa shape index (κ1) is 22.4. The predicted molar refractivity (Wildman–Crippen MR) is 141 cm³/mol. The molecule has 1 aromatic heterocycles. The molecule has 5 rings (SSSR count). The summed E-state index contributed by atoms with van der Waals surface area (Å²) >= 11 is 1.30. The van der Waals surface area contributed by atoms with Gasteiger partial charge < -0.3 is 0 Å². The van der Waals surface area contributed by atoms with Gasteiger partial charge in [-0.3, -0.25) is 15.1 Å². The second-order valence-corrected chi connectivity index (χ2v) is 8.66. The molecule has 0 bridgehead atoms. The zero-order chi connectivity index (χ0) is 24.0. The van der Waals surface area contributed by atoms with Gasteiger partial charge in [-0.2, -0.15) is 0 Å². The van der Waals surface area contributed by atoms with Crippen LogP contribution in [0.3, 0.4) is 0 Å². The molecule has 0 fully saturated rings. The molecule has 169 valence electrons. The van der Waals surface area contributed by atoms with Crippen LogP contribution in [0, 0.1) is 10.1 Å². The largest absolute Gasteiger partial charge is 0.269 e. The number of hydrogen-bond donors (Lipinski definition) is 0. The Labute approximate surface area is 207 Å². The number of aromatic nitrogens is 1. The van der Waals surface area contributed by atoms with Gasteiger partial charge in [0.15, 0.2) is 0 Å². The Morgan fingerprint density at radius 3 is 1.77 bits per heavy atom. The van der Waals surface area contributed by atoms with Crippen LogP contribution >= 0.6 is 11.9 Å². The molecule has 0 atom stereocenters. The third-order valence-corrected chi connectivity index (χ3v) is 6.32. The summed E-state index contributed by atoms with van der Waals surface area (Å²) in [5.41, 5.74) is 7.09. The van der Waals surface area contributed by atoms with Crippen molar-refractivity contribution in [3.8, 4) is 33.4 Å². The minimum atomic E-state index is -0.399. The van der Waals surface area contributed by atoms with Crippen molar-refractivity contribution in [3.05, 3.63) is 132 Å². The molecule has 35 heavy (non-hydrogen) atoms. The van der Waals surface area contributed by atoms with Gasteiger partial charge in [0.2, 0.25) is 0 Å². The minimum Gasteiger partial charge on any atom is -0.264 e. The van der Waals surface area contributed by atoms with Crippen LogP contribution in [-0.4, -0.2) is 9.91 Å². The molecule has 0 saturated heterocycles. The monoisotopic (exact) mass is 474 g/mol.